The molecule has 2 amide bonds. The van der Waals surface area contributed by atoms with Gasteiger partial charge in [0.15, 0.2) is 0 Å². The van der Waals surface area contributed by atoms with Crippen molar-refractivity contribution in [1.82, 2.24) is 10.2 Å². The van der Waals surface area contributed by atoms with Gasteiger partial charge in [-0.15, -0.1) is 0 Å². The minimum Gasteiger partial charge on any atom is -0.359 e. The lowest BCUT2D eigenvalue weighted by molar-refractivity contribution is -0.130. The Morgan fingerprint density at radius 3 is 2.47 bits per heavy atom. The van der Waals surface area contributed by atoms with Crippen LogP contribution < -0.4 is 11.1 Å². The molecule has 88 valence electrons. The van der Waals surface area contributed by atoms with E-state index in [1.165, 1.54) is 0 Å². The Morgan fingerprint density at radius 1 is 1.40 bits per heavy atom. The van der Waals surface area contributed by atoms with Crippen molar-refractivity contribution in [3.8, 4) is 0 Å². The van der Waals surface area contributed by atoms with Crippen LogP contribution in [0.2, 0.25) is 0 Å². The molecule has 0 heterocycles. The van der Waals surface area contributed by atoms with Crippen LogP contribution in [0.15, 0.2) is 0 Å². The minimum absolute atomic E-state index is 0.0382. The standard InChI is InChI=1S/C10H21N3O2/c1-8(11)4-5-10(15)13(3)7-6-9(14)12-2/h8H,4-7,11H2,1-3H3,(H,12,14). The molecule has 0 rings (SSSR count). The number of rotatable bonds is 6. The third kappa shape index (κ3) is 6.90. The number of nitrogens with zero attached hydrogens (tertiary/aromatic N) is 1. The van der Waals surface area contributed by atoms with Crippen molar-refractivity contribution in [2.45, 2.75) is 32.2 Å². The average molecular weight is 215 g/mol. The average Bonchev–Trinajstić information content (AvgIpc) is 2.21. The summed E-state index contributed by atoms with van der Waals surface area (Å²) in [5.74, 6) is -0.0157. The van der Waals surface area contributed by atoms with Gasteiger partial charge in [-0.2, -0.15) is 0 Å². The number of nitrogens with one attached hydrogen (secondary N) is 1. The zero-order valence-corrected chi connectivity index (χ0v) is 9.75. The van der Waals surface area contributed by atoms with Crippen LogP contribution in [0.1, 0.15) is 26.2 Å². The summed E-state index contributed by atoms with van der Waals surface area (Å²) in [6, 6.07) is 0.0429. The third-order valence-electron chi connectivity index (χ3n) is 2.19. The fourth-order valence-electron chi connectivity index (χ4n) is 1.06. The van der Waals surface area contributed by atoms with Crippen LogP contribution in [0, 0.1) is 0 Å². The van der Waals surface area contributed by atoms with E-state index in [0.717, 1.165) is 0 Å². The topological polar surface area (TPSA) is 75.4 Å². The Hall–Kier alpha value is -1.10. The highest BCUT2D eigenvalue weighted by Gasteiger charge is 2.10. The largest absolute Gasteiger partial charge is 0.359 e. The highest BCUT2D eigenvalue weighted by atomic mass is 16.2. The first-order valence-electron chi connectivity index (χ1n) is 5.17. The zero-order valence-electron chi connectivity index (χ0n) is 9.75. The van der Waals surface area contributed by atoms with E-state index < -0.39 is 0 Å². The number of carbonyl (C=O) groups is 2. The maximum absolute atomic E-state index is 11.5. The van der Waals surface area contributed by atoms with Gasteiger partial charge in [0.25, 0.3) is 0 Å². The van der Waals surface area contributed by atoms with Crippen molar-refractivity contribution in [2.24, 2.45) is 5.73 Å². The van der Waals surface area contributed by atoms with Crippen molar-refractivity contribution < 1.29 is 9.59 Å². The molecule has 5 nitrogen and oxygen atoms in total. The smallest absolute Gasteiger partial charge is 0.222 e. The minimum atomic E-state index is -0.0538. The van der Waals surface area contributed by atoms with Gasteiger partial charge >= 0.3 is 0 Å². The summed E-state index contributed by atoms with van der Waals surface area (Å²) < 4.78 is 0. The summed E-state index contributed by atoms with van der Waals surface area (Å²) in [5.41, 5.74) is 5.55. The lowest BCUT2D eigenvalue weighted by atomic mass is 10.2. The number of amides is 2. The molecule has 0 aromatic carbocycles. The summed E-state index contributed by atoms with van der Waals surface area (Å²) in [7, 11) is 3.28. The number of hydrogen-bond acceptors (Lipinski definition) is 3. The van der Waals surface area contributed by atoms with Crippen LogP contribution in [-0.4, -0.2) is 43.4 Å². The predicted molar refractivity (Wildman–Crippen MR) is 59.2 cm³/mol. The monoisotopic (exact) mass is 215 g/mol. The third-order valence-corrected chi connectivity index (χ3v) is 2.19. The van der Waals surface area contributed by atoms with Gasteiger partial charge in [-0.05, 0) is 13.3 Å². The van der Waals surface area contributed by atoms with Gasteiger partial charge in [-0.25, -0.2) is 0 Å². The highest BCUT2D eigenvalue weighted by molar-refractivity contribution is 5.78. The Labute approximate surface area is 91.0 Å². The van der Waals surface area contributed by atoms with Crippen LogP contribution in [0.3, 0.4) is 0 Å². The molecular weight excluding hydrogens is 194 g/mol. The SMILES string of the molecule is CNC(=O)CCN(C)C(=O)CCC(C)N. The first-order chi connectivity index (χ1) is 6.97. The molecule has 0 aliphatic heterocycles. The van der Waals surface area contributed by atoms with Crippen LogP contribution >= 0.6 is 0 Å². The number of hydrogen-bond donors (Lipinski definition) is 2. The molecule has 0 aromatic heterocycles. The molecule has 1 atom stereocenters. The summed E-state index contributed by atoms with van der Waals surface area (Å²) in [6.45, 7) is 2.33. The maximum atomic E-state index is 11.5. The second kappa shape index (κ2) is 7.23. The molecule has 0 spiro atoms. The lowest BCUT2D eigenvalue weighted by Crippen LogP contribution is -2.32. The molecule has 0 saturated heterocycles. The zero-order chi connectivity index (χ0) is 11.8. The van der Waals surface area contributed by atoms with E-state index in [4.69, 9.17) is 5.73 Å². The van der Waals surface area contributed by atoms with E-state index in [-0.39, 0.29) is 17.9 Å². The summed E-state index contributed by atoms with van der Waals surface area (Å²) in [4.78, 5) is 24.0. The summed E-state index contributed by atoms with van der Waals surface area (Å²) in [5, 5.41) is 2.51. The first kappa shape index (κ1) is 13.9. The Balaban J connectivity index is 3.74. The molecule has 0 radical (unpaired) electrons. The molecule has 1 unspecified atom stereocenters. The normalized spacial score (nSPS) is 12.0. The first-order valence-corrected chi connectivity index (χ1v) is 5.17. The van der Waals surface area contributed by atoms with Gasteiger partial charge in [-0.1, -0.05) is 0 Å². The maximum Gasteiger partial charge on any atom is 0.222 e. The fourth-order valence-corrected chi connectivity index (χ4v) is 1.06. The molecule has 0 fully saturated rings. The van der Waals surface area contributed by atoms with Gasteiger partial charge in [0.2, 0.25) is 11.8 Å². The van der Waals surface area contributed by atoms with Crippen LogP contribution in [0.4, 0.5) is 0 Å². The van der Waals surface area contributed by atoms with Crippen molar-refractivity contribution in [3.05, 3.63) is 0 Å². The molecule has 5 heteroatoms. The molecule has 0 aliphatic carbocycles. The molecule has 15 heavy (non-hydrogen) atoms. The van der Waals surface area contributed by atoms with E-state index in [1.807, 2.05) is 6.92 Å². The Kier molecular flexibility index (Phi) is 6.70. The van der Waals surface area contributed by atoms with Crippen LogP contribution in [0.25, 0.3) is 0 Å². The van der Waals surface area contributed by atoms with E-state index >= 15 is 0 Å². The van der Waals surface area contributed by atoms with Crippen molar-refractivity contribution >= 4 is 11.8 Å². The molecule has 0 aliphatic rings. The quantitative estimate of drug-likeness (QED) is 0.639. The Bertz CT molecular complexity index is 217. The summed E-state index contributed by atoms with van der Waals surface area (Å²) >= 11 is 0. The van der Waals surface area contributed by atoms with Crippen molar-refractivity contribution in [1.29, 1.82) is 0 Å². The van der Waals surface area contributed by atoms with Crippen molar-refractivity contribution in [3.63, 3.8) is 0 Å². The highest BCUT2D eigenvalue weighted by Crippen LogP contribution is 1.99. The van der Waals surface area contributed by atoms with E-state index in [2.05, 4.69) is 5.32 Å². The van der Waals surface area contributed by atoms with E-state index in [9.17, 15) is 9.59 Å². The molecule has 0 bridgehead atoms. The second-order valence-electron chi connectivity index (χ2n) is 3.75. The van der Waals surface area contributed by atoms with Gasteiger partial charge in [0.1, 0.15) is 0 Å². The number of carbonyl (C=O) groups excluding carboxylic acids is 2. The molecule has 3 N–H and O–H groups in total. The fraction of sp³-hybridized carbons (Fsp3) is 0.800. The van der Waals surface area contributed by atoms with Crippen LogP contribution in [0.5, 0.6) is 0 Å². The molecule has 0 saturated carbocycles. The molecule has 0 aromatic rings. The van der Waals surface area contributed by atoms with Gasteiger partial charge < -0.3 is 16.0 Å². The predicted octanol–water partition coefficient (Wildman–Crippen LogP) is -0.292. The van der Waals surface area contributed by atoms with Gasteiger partial charge in [0, 0.05) is 39.5 Å². The van der Waals surface area contributed by atoms with E-state index in [0.29, 0.717) is 25.8 Å². The Morgan fingerprint density at radius 2 is 2.00 bits per heavy atom. The van der Waals surface area contributed by atoms with Gasteiger partial charge in [-0.3, -0.25) is 9.59 Å². The lowest BCUT2D eigenvalue weighted by Gasteiger charge is -2.17. The van der Waals surface area contributed by atoms with Crippen LogP contribution in [-0.2, 0) is 9.59 Å². The summed E-state index contributed by atoms with van der Waals surface area (Å²) in [6.07, 6.45) is 1.47. The number of nitrogens with two attached hydrogens (primary N) is 1. The molecular formula is C10H21N3O2. The second-order valence-corrected chi connectivity index (χ2v) is 3.75. The van der Waals surface area contributed by atoms with E-state index in [1.54, 1.807) is 19.0 Å². The van der Waals surface area contributed by atoms with Crippen molar-refractivity contribution in [2.75, 3.05) is 20.6 Å². The van der Waals surface area contributed by atoms with Gasteiger partial charge in [0.05, 0.1) is 0 Å².